The fourth-order valence-electron chi connectivity index (χ4n) is 2.49. The highest BCUT2D eigenvalue weighted by Crippen LogP contribution is 2.40. The molecule has 0 atom stereocenters. The Morgan fingerprint density at radius 2 is 1.95 bits per heavy atom. The lowest BCUT2D eigenvalue weighted by molar-refractivity contribution is 0.378. The molecule has 21 heavy (non-hydrogen) atoms. The summed E-state index contributed by atoms with van der Waals surface area (Å²) in [6.07, 6.45) is 9.18. The first-order valence-electron chi connectivity index (χ1n) is 7.72. The van der Waals surface area contributed by atoms with Crippen LogP contribution in [0, 0.1) is 0 Å². The van der Waals surface area contributed by atoms with Crippen LogP contribution in [0.3, 0.4) is 0 Å². The third-order valence-corrected chi connectivity index (χ3v) is 4.01. The van der Waals surface area contributed by atoms with Gasteiger partial charge in [-0.1, -0.05) is 42.5 Å². The van der Waals surface area contributed by atoms with E-state index in [9.17, 15) is 0 Å². The Kier molecular flexibility index (Phi) is 3.22. The Bertz CT molecular complexity index is 626. The molecule has 0 spiro atoms. The standard InChI is InChI=1S/C17H19N3O/c1-2-5-13(6-3-1)7-4-12-20(15-10-11-15)17-18-16(21-19-17)14-8-9-14/h1-7,14-15H,8-12H2/b7-4+. The molecule has 4 heteroatoms. The van der Waals surface area contributed by atoms with Gasteiger partial charge in [0.25, 0.3) is 5.95 Å². The van der Waals surface area contributed by atoms with Crippen molar-refractivity contribution in [1.82, 2.24) is 10.1 Å². The summed E-state index contributed by atoms with van der Waals surface area (Å²) in [6.45, 7) is 0.837. The molecule has 1 heterocycles. The second-order valence-corrected chi connectivity index (χ2v) is 5.90. The van der Waals surface area contributed by atoms with Gasteiger partial charge in [-0.3, -0.25) is 0 Å². The van der Waals surface area contributed by atoms with Gasteiger partial charge in [-0.2, -0.15) is 4.98 Å². The van der Waals surface area contributed by atoms with Gasteiger partial charge in [0.2, 0.25) is 5.89 Å². The van der Waals surface area contributed by atoms with Gasteiger partial charge < -0.3 is 9.42 Å². The molecule has 1 aromatic carbocycles. The molecular weight excluding hydrogens is 262 g/mol. The van der Waals surface area contributed by atoms with Gasteiger partial charge in [0.15, 0.2) is 0 Å². The van der Waals surface area contributed by atoms with Crippen molar-refractivity contribution in [3.05, 3.63) is 47.9 Å². The summed E-state index contributed by atoms with van der Waals surface area (Å²) in [5.41, 5.74) is 1.22. The van der Waals surface area contributed by atoms with E-state index in [2.05, 4.69) is 51.5 Å². The monoisotopic (exact) mass is 281 g/mol. The molecule has 4 nitrogen and oxygen atoms in total. The minimum Gasteiger partial charge on any atom is -0.337 e. The molecule has 1 aromatic heterocycles. The van der Waals surface area contributed by atoms with Crippen molar-refractivity contribution in [2.75, 3.05) is 11.4 Å². The number of aromatic nitrogens is 2. The van der Waals surface area contributed by atoms with Gasteiger partial charge in [0.1, 0.15) is 0 Å². The first-order valence-corrected chi connectivity index (χ1v) is 7.72. The molecule has 0 unspecified atom stereocenters. The van der Waals surface area contributed by atoms with Crippen LogP contribution in [0.15, 0.2) is 40.9 Å². The van der Waals surface area contributed by atoms with Crippen molar-refractivity contribution >= 4 is 12.0 Å². The van der Waals surface area contributed by atoms with Crippen LogP contribution in [0.1, 0.15) is 43.1 Å². The second-order valence-electron chi connectivity index (χ2n) is 5.90. The maximum Gasteiger partial charge on any atom is 0.266 e. The zero-order chi connectivity index (χ0) is 14.1. The number of benzene rings is 1. The summed E-state index contributed by atoms with van der Waals surface area (Å²) >= 11 is 0. The fraction of sp³-hybridized carbons (Fsp3) is 0.412. The van der Waals surface area contributed by atoms with E-state index in [1.807, 2.05) is 6.07 Å². The summed E-state index contributed by atoms with van der Waals surface area (Å²) < 4.78 is 5.39. The summed E-state index contributed by atoms with van der Waals surface area (Å²) in [4.78, 5) is 6.83. The first kappa shape index (κ1) is 12.6. The van der Waals surface area contributed by atoms with Gasteiger partial charge in [-0.25, -0.2) is 0 Å². The average Bonchev–Trinajstić information content (AvgIpc) is 3.44. The van der Waals surface area contributed by atoms with Gasteiger partial charge in [-0.15, -0.1) is 0 Å². The Balaban J connectivity index is 1.45. The summed E-state index contributed by atoms with van der Waals surface area (Å²) in [6, 6.07) is 10.9. The molecule has 2 fully saturated rings. The molecular formula is C17H19N3O. The van der Waals surface area contributed by atoms with Crippen LogP contribution in [0.25, 0.3) is 6.08 Å². The molecule has 0 amide bonds. The molecule has 2 aliphatic carbocycles. The van der Waals surface area contributed by atoms with Crippen LogP contribution >= 0.6 is 0 Å². The second kappa shape index (κ2) is 5.35. The number of anilines is 1. The maximum atomic E-state index is 5.39. The highest BCUT2D eigenvalue weighted by molar-refractivity contribution is 5.50. The van der Waals surface area contributed by atoms with Crippen molar-refractivity contribution in [1.29, 1.82) is 0 Å². The van der Waals surface area contributed by atoms with E-state index in [0.29, 0.717) is 12.0 Å². The zero-order valence-electron chi connectivity index (χ0n) is 12.0. The van der Waals surface area contributed by atoms with Crippen molar-refractivity contribution in [2.45, 2.75) is 37.6 Å². The topological polar surface area (TPSA) is 42.2 Å². The van der Waals surface area contributed by atoms with E-state index in [0.717, 1.165) is 18.4 Å². The minimum absolute atomic E-state index is 0.521. The van der Waals surface area contributed by atoms with Crippen molar-refractivity contribution in [2.24, 2.45) is 0 Å². The van der Waals surface area contributed by atoms with Crippen molar-refractivity contribution < 1.29 is 4.52 Å². The molecule has 0 N–H and O–H groups in total. The summed E-state index contributed by atoms with van der Waals surface area (Å²) in [5.74, 6) is 2.10. The molecule has 2 saturated carbocycles. The number of rotatable bonds is 6. The lowest BCUT2D eigenvalue weighted by atomic mass is 10.2. The number of nitrogens with zero attached hydrogens (tertiary/aromatic N) is 3. The first-order chi connectivity index (χ1) is 10.4. The normalized spacial score (nSPS) is 18.3. The Hall–Kier alpha value is -2.10. The quantitative estimate of drug-likeness (QED) is 0.811. The van der Waals surface area contributed by atoms with Crippen LogP contribution in [-0.2, 0) is 0 Å². The predicted molar refractivity (Wildman–Crippen MR) is 82.1 cm³/mol. The summed E-state index contributed by atoms with van der Waals surface area (Å²) in [5, 5.41) is 4.17. The highest BCUT2D eigenvalue weighted by Gasteiger charge is 2.34. The van der Waals surface area contributed by atoms with Gasteiger partial charge in [0, 0.05) is 18.5 Å². The molecule has 2 aromatic rings. The van der Waals surface area contributed by atoms with Crippen LogP contribution in [0.5, 0.6) is 0 Å². The Labute approximate surface area is 124 Å². The Morgan fingerprint density at radius 1 is 1.14 bits per heavy atom. The van der Waals surface area contributed by atoms with Gasteiger partial charge in [0.05, 0.1) is 0 Å². The van der Waals surface area contributed by atoms with E-state index in [1.54, 1.807) is 0 Å². The van der Waals surface area contributed by atoms with Crippen LogP contribution in [0.2, 0.25) is 0 Å². The van der Waals surface area contributed by atoms with Gasteiger partial charge in [-0.05, 0) is 36.4 Å². The van der Waals surface area contributed by atoms with Crippen LogP contribution in [-0.4, -0.2) is 22.7 Å². The SMILES string of the molecule is C(=C\c1ccccc1)/CN(c1noc(C2CC2)n1)C1CC1. The fourth-order valence-corrected chi connectivity index (χ4v) is 2.49. The molecule has 0 aliphatic heterocycles. The smallest absolute Gasteiger partial charge is 0.266 e. The maximum absolute atomic E-state index is 5.39. The number of hydrogen-bond donors (Lipinski definition) is 0. The lowest BCUT2D eigenvalue weighted by Gasteiger charge is -2.17. The molecule has 108 valence electrons. The molecule has 0 bridgehead atoms. The van der Waals surface area contributed by atoms with Crippen molar-refractivity contribution in [3.63, 3.8) is 0 Å². The van der Waals surface area contributed by atoms with Gasteiger partial charge >= 0.3 is 0 Å². The largest absolute Gasteiger partial charge is 0.337 e. The highest BCUT2D eigenvalue weighted by atomic mass is 16.5. The predicted octanol–water partition coefficient (Wildman–Crippen LogP) is 3.63. The summed E-state index contributed by atoms with van der Waals surface area (Å²) in [7, 11) is 0. The molecule has 2 aliphatic rings. The molecule has 4 rings (SSSR count). The van der Waals surface area contributed by atoms with Crippen LogP contribution < -0.4 is 4.90 Å². The van der Waals surface area contributed by atoms with E-state index in [-0.39, 0.29) is 0 Å². The third-order valence-electron chi connectivity index (χ3n) is 4.01. The third kappa shape index (κ3) is 2.99. The van der Waals surface area contributed by atoms with Crippen molar-refractivity contribution in [3.8, 4) is 0 Å². The lowest BCUT2D eigenvalue weighted by Crippen LogP contribution is -2.26. The number of hydrogen-bond acceptors (Lipinski definition) is 4. The molecule has 0 saturated heterocycles. The van der Waals surface area contributed by atoms with E-state index in [4.69, 9.17) is 4.52 Å². The van der Waals surface area contributed by atoms with E-state index < -0.39 is 0 Å². The average molecular weight is 281 g/mol. The van der Waals surface area contributed by atoms with E-state index >= 15 is 0 Å². The zero-order valence-corrected chi connectivity index (χ0v) is 12.0. The minimum atomic E-state index is 0.521. The molecule has 0 radical (unpaired) electrons. The van der Waals surface area contributed by atoms with Crippen LogP contribution in [0.4, 0.5) is 5.95 Å². The Morgan fingerprint density at radius 3 is 2.67 bits per heavy atom. The van der Waals surface area contributed by atoms with E-state index in [1.165, 1.54) is 31.2 Å².